The average molecular weight is 393 g/mol. The molecule has 2 aromatic heterocycles. The Morgan fingerprint density at radius 2 is 1.97 bits per heavy atom. The molecule has 8 nitrogen and oxygen atoms in total. The van der Waals surface area contributed by atoms with Gasteiger partial charge in [-0.3, -0.25) is 0 Å². The number of nitrogens with one attached hydrogen (secondary N) is 1. The van der Waals surface area contributed by atoms with E-state index in [1.807, 2.05) is 12.1 Å². The molecule has 0 spiro atoms. The summed E-state index contributed by atoms with van der Waals surface area (Å²) in [6, 6.07) is 8.28. The Labute approximate surface area is 171 Å². The highest BCUT2D eigenvalue weighted by atomic mass is 16.5. The van der Waals surface area contributed by atoms with Crippen LogP contribution in [-0.4, -0.2) is 60.4 Å². The lowest BCUT2D eigenvalue weighted by Gasteiger charge is -2.34. The van der Waals surface area contributed by atoms with Crippen molar-refractivity contribution >= 4 is 17.6 Å². The summed E-state index contributed by atoms with van der Waals surface area (Å²) in [5, 5.41) is 12.9. The summed E-state index contributed by atoms with van der Waals surface area (Å²) >= 11 is 0. The fourth-order valence-electron chi connectivity index (χ4n) is 3.82. The third-order valence-electron chi connectivity index (χ3n) is 5.48. The monoisotopic (exact) mass is 393 g/mol. The van der Waals surface area contributed by atoms with Gasteiger partial charge in [0.2, 0.25) is 5.95 Å². The predicted molar refractivity (Wildman–Crippen MR) is 112 cm³/mol. The van der Waals surface area contributed by atoms with E-state index in [0.717, 1.165) is 81.9 Å². The summed E-state index contributed by atoms with van der Waals surface area (Å²) in [6.07, 6.45) is 4.57. The summed E-state index contributed by atoms with van der Waals surface area (Å²) in [5.74, 6) is 2.48. The molecular formula is C21H27N7O. The van der Waals surface area contributed by atoms with Gasteiger partial charge in [0.05, 0.1) is 18.8 Å². The highest BCUT2D eigenvalue weighted by molar-refractivity contribution is 5.54. The zero-order valence-electron chi connectivity index (χ0n) is 16.8. The minimum absolute atomic E-state index is 0.345. The molecule has 1 N–H and O–H groups in total. The van der Waals surface area contributed by atoms with Crippen LogP contribution in [0.5, 0.6) is 0 Å². The minimum Gasteiger partial charge on any atom is -0.378 e. The Morgan fingerprint density at radius 1 is 1.17 bits per heavy atom. The van der Waals surface area contributed by atoms with Crippen LogP contribution < -0.4 is 15.1 Å². The highest BCUT2D eigenvalue weighted by Crippen LogP contribution is 2.24. The van der Waals surface area contributed by atoms with Gasteiger partial charge in [-0.2, -0.15) is 10.2 Å². The molecule has 0 amide bonds. The molecule has 2 aromatic rings. The van der Waals surface area contributed by atoms with Crippen LogP contribution in [0.1, 0.15) is 31.0 Å². The van der Waals surface area contributed by atoms with Crippen LogP contribution in [0.4, 0.5) is 17.6 Å². The number of piperidine rings is 1. The molecule has 29 heavy (non-hydrogen) atoms. The average Bonchev–Trinajstić information content (AvgIpc) is 2.80. The van der Waals surface area contributed by atoms with Gasteiger partial charge in [-0.25, -0.2) is 9.97 Å². The third kappa shape index (κ3) is 4.57. The molecule has 0 aromatic carbocycles. The molecule has 2 saturated heterocycles. The smallest absolute Gasteiger partial charge is 0.227 e. The Bertz CT molecular complexity index is 868. The van der Waals surface area contributed by atoms with Gasteiger partial charge in [-0.05, 0) is 31.4 Å². The van der Waals surface area contributed by atoms with Crippen molar-refractivity contribution in [3.63, 3.8) is 0 Å². The number of nitrogens with zero attached hydrogens (tertiary/aromatic N) is 6. The van der Waals surface area contributed by atoms with Gasteiger partial charge in [0.15, 0.2) is 0 Å². The van der Waals surface area contributed by atoms with E-state index in [1.54, 1.807) is 6.20 Å². The molecule has 0 aliphatic carbocycles. The van der Waals surface area contributed by atoms with Crippen LogP contribution in [0.15, 0.2) is 24.4 Å². The highest BCUT2D eigenvalue weighted by Gasteiger charge is 2.23. The lowest BCUT2D eigenvalue weighted by molar-refractivity contribution is 0.122. The number of rotatable bonds is 5. The van der Waals surface area contributed by atoms with E-state index >= 15 is 0 Å². The summed E-state index contributed by atoms with van der Waals surface area (Å²) in [6.45, 7) is 6.95. The Hall–Kier alpha value is -2.92. The number of aryl methyl sites for hydroxylation is 1. The quantitative estimate of drug-likeness (QED) is 0.827. The molecule has 0 atom stereocenters. The van der Waals surface area contributed by atoms with Crippen molar-refractivity contribution in [2.75, 3.05) is 54.5 Å². The van der Waals surface area contributed by atoms with Crippen LogP contribution in [0.2, 0.25) is 0 Å². The van der Waals surface area contributed by atoms with Gasteiger partial charge < -0.3 is 19.9 Å². The molecule has 8 heteroatoms. The van der Waals surface area contributed by atoms with Crippen molar-refractivity contribution in [1.29, 1.82) is 5.26 Å². The van der Waals surface area contributed by atoms with Crippen LogP contribution >= 0.6 is 0 Å². The van der Waals surface area contributed by atoms with E-state index in [9.17, 15) is 5.26 Å². The first-order chi connectivity index (χ1) is 14.3. The van der Waals surface area contributed by atoms with Gasteiger partial charge in [-0.1, -0.05) is 6.92 Å². The molecule has 2 fully saturated rings. The maximum absolute atomic E-state index is 9.32. The Balaban J connectivity index is 1.42. The molecular weight excluding hydrogens is 366 g/mol. The lowest BCUT2D eigenvalue weighted by Crippen LogP contribution is -2.40. The first-order valence-corrected chi connectivity index (χ1v) is 10.3. The SMILES string of the molecule is CCc1cc(NC2CCN(c3ncccc3C#N)CC2)nc(N2CCOCC2)n1. The van der Waals surface area contributed by atoms with E-state index in [2.05, 4.69) is 39.2 Å². The molecule has 4 rings (SSSR count). The Kier molecular flexibility index (Phi) is 6.06. The van der Waals surface area contributed by atoms with Crippen LogP contribution in [0.3, 0.4) is 0 Å². The molecule has 0 bridgehead atoms. The van der Waals surface area contributed by atoms with Crippen molar-refractivity contribution in [2.24, 2.45) is 0 Å². The van der Waals surface area contributed by atoms with E-state index in [-0.39, 0.29) is 0 Å². The fraction of sp³-hybridized carbons (Fsp3) is 0.524. The number of pyridine rings is 1. The van der Waals surface area contributed by atoms with Crippen LogP contribution in [-0.2, 0) is 11.2 Å². The van der Waals surface area contributed by atoms with Crippen molar-refractivity contribution in [3.8, 4) is 6.07 Å². The minimum atomic E-state index is 0.345. The summed E-state index contributed by atoms with van der Waals surface area (Å²) in [5.41, 5.74) is 1.69. The van der Waals surface area contributed by atoms with Gasteiger partial charge >= 0.3 is 0 Å². The lowest BCUT2D eigenvalue weighted by atomic mass is 10.0. The first-order valence-electron chi connectivity index (χ1n) is 10.3. The normalized spacial score (nSPS) is 17.8. The topological polar surface area (TPSA) is 90.2 Å². The largest absolute Gasteiger partial charge is 0.378 e. The zero-order valence-corrected chi connectivity index (χ0v) is 16.8. The molecule has 4 heterocycles. The molecule has 2 aliphatic heterocycles. The first kappa shape index (κ1) is 19.4. The third-order valence-corrected chi connectivity index (χ3v) is 5.48. The summed E-state index contributed by atoms with van der Waals surface area (Å²) < 4.78 is 5.45. The van der Waals surface area contributed by atoms with Crippen molar-refractivity contribution in [1.82, 2.24) is 15.0 Å². The molecule has 152 valence electrons. The van der Waals surface area contributed by atoms with Crippen molar-refractivity contribution in [2.45, 2.75) is 32.2 Å². The second kappa shape index (κ2) is 9.05. The summed E-state index contributed by atoms with van der Waals surface area (Å²) in [4.78, 5) is 18.3. The standard InChI is InChI=1S/C21H27N7O/c1-2-17-14-19(26-21(25-17)28-10-12-29-13-11-28)24-18-5-8-27(9-6-18)20-16(15-22)4-3-7-23-20/h3-4,7,14,18H,2,5-6,8-13H2,1H3,(H,24,25,26). The number of ether oxygens (including phenoxy) is 1. The van der Waals surface area contributed by atoms with Crippen LogP contribution in [0.25, 0.3) is 0 Å². The summed E-state index contributed by atoms with van der Waals surface area (Å²) in [7, 11) is 0. The number of hydrogen-bond donors (Lipinski definition) is 1. The number of morpholine rings is 1. The van der Waals surface area contributed by atoms with Crippen molar-refractivity contribution < 1.29 is 4.74 Å². The van der Waals surface area contributed by atoms with Gasteiger partial charge in [0.25, 0.3) is 0 Å². The fourth-order valence-corrected chi connectivity index (χ4v) is 3.82. The van der Waals surface area contributed by atoms with E-state index in [0.29, 0.717) is 11.6 Å². The zero-order chi connectivity index (χ0) is 20.1. The van der Waals surface area contributed by atoms with Crippen LogP contribution in [0, 0.1) is 11.3 Å². The molecule has 0 radical (unpaired) electrons. The maximum Gasteiger partial charge on any atom is 0.227 e. The van der Waals surface area contributed by atoms with Gasteiger partial charge in [0, 0.05) is 50.2 Å². The van der Waals surface area contributed by atoms with Gasteiger partial charge in [0.1, 0.15) is 17.7 Å². The second-order valence-corrected chi connectivity index (χ2v) is 7.39. The number of nitriles is 1. The predicted octanol–water partition coefficient (Wildman–Crippen LogP) is 2.22. The van der Waals surface area contributed by atoms with Gasteiger partial charge in [-0.15, -0.1) is 0 Å². The number of hydrogen-bond acceptors (Lipinski definition) is 8. The number of aromatic nitrogens is 3. The maximum atomic E-state index is 9.32. The molecule has 0 unspecified atom stereocenters. The number of anilines is 3. The van der Waals surface area contributed by atoms with E-state index in [1.165, 1.54) is 0 Å². The van der Waals surface area contributed by atoms with Crippen molar-refractivity contribution in [3.05, 3.63) is 35.7 Å². The second-order valence-electron chi connectivity index (χ2n) is 7.39. The van der Waals surface area contributed by atoms with E-state index in [4.69, 9.17) is 14.7 Å². The van der Waals surface area contributed by atoms with E-state index < -0.39 is 0 Å². The molecule has 2 aliphatic rings. The molecule has 0 saturated carbocycles. The Morgan fingerprint density at radius 3 is 2.69 bits per heavy atom.